The van der Waals surface area contributed by atoms with Crippen molar-refractivity contribution in [1.29, 1.82) is 0 Å². The molecule has 2 unspecified atom stereocenters. The summed E-state index contributed by atoms with van der Waals surface area (Å²) in [6.07, 6.45) is 2.81. The number of carboxylic acids is 2. The average molecular weight is 395 g/mol. The molecule has 0 spiro atoms. The van der Waals surface area contributed by atoms with Gasteiger partial charge < -0.3 is 25.0 Å². The minimum atomic E-state index is -1.82. The third-order valence-corrected chi connectivity index (χ3v) is 4.39. The van der Waals surface area contributed by atoms with E-state index in [0.717, 1.165) is 32.1 Å². The van der Waals surface area contributed by atoms with E-state index in [1.807, 2.05) is 0 Å². The topological polar surface area (TPSA) is 105 Å². The van der Waals surface area contributed by atoms with E-state index in [1.165, 1.54) is 24.0 Å². The number of aliphatic carboxylic acids is 2. The first-order valence-corrected chi connectivity index (χ1v) is 9.72. The van der Waals surface area contributed by atoms with Crippen LogP contribution in [0.3, 0.4) is 0 Å². The molecular weight excluding hydrogens is 362 g/mol. The van der Waals surface area contributed by atoms with Crippen LogP contribution in [-0.2, 0) is 14.3 Å². The van der Waals surface area contributed by atoms with Gasteiger partial charge in [0.2, 0.25) is 0 Å². The molecule has 2 rings (SSSR count). The Hall–Kier alpha value is -2.12. The van der Waals surface area contributed by atoms with Crippen LogP contribution in [0.1, 0.15) is 50.7 Å². The van der Waals surface area contributed by atoms with Crippen LogP contribution in [0.15, 0.2) is 18.2 Å². The Morgan fingerprint density at radius 2 is 1.93 bits per heavy atom. The van der Waals surface area contributed by atoms with Gasteiger partial charge in [-0.3, -0.25) is 0 Å². The lowest BCUT2D eigenvalue weighted by Gasteiger charge is -2.19. The van der Waals surface area contributed by atoms with Crippen LogP contribution in [0.25, 0.3) is 0 Å². The quantitative estimate of drug-likeness (QED) is 0.581. The Labute approximate surface area is 167 Å². The van der Waals surface area contributed by atoms with E-state index in [1.54, 1.807) is 0 Å². The predicted molar refractivity (Wildman–Crippen MR) is 107 cm³/mol. The highest BCUT2D eigenvalue weighted by Crippen LogP contribution is 2.27. The molecule has 0 saturated carbocycles. The number of carboxylic acid groups (broad SMARTS) is 2. The standard InChI is InChI=1S/C19H31NO2.C2H2O4/c1-14(2)18-8-7-15(3)10-19(18)22-13-16(4)11-20-12-17-6-5-9-21-17;3-1(4)2(5)6/h7-8,10,14,16-17,20H,5-6,9,11-13H2,1-4H3;(H,3,4)(H,5,6). The molecular formula is C21H33NO6. The summed E-state index contributed by atoms with van der Waals surface area (Å²) in [5.74, 6) is -1.63. The fourth-order valence-electron chi connectivity index (χ4n) is 2.83. The van der Waals surface area contributed by atoms with E-state index in [9.17, 15) is 0 Å². The zero-order valence-corrected chi connectivity index (χ0v) is 17.2. The molecule has 7 nitrogen and oxygen atoms in total. The van der Waals surface area contributed by atoms with Gasteiger partial charge in [0.15, 0.2) is 0 Å². The molecule has 1 heterocycles. The number of benzene rings is 1. The molecule has 158 valence electrons. The lowest BCUT2D eigenvalue weighted by Crippen LogP contribution is -2.31. The summed E-state index contributed by atoms with van der Waals surface area (Å²) < 4.78 is 11.7. The van der Waals surface area contributed by atoms with Gasteiger partial charge in [0.05, 0.1) is 12.7 Å². The number of hydrogen-bond acceptors (Lipinski definition) is 5. The van der Waals surface area contributed by atoms with Crippen molar-refractivity contribution in [2.75, 3.05) is 26.3 Å². The Balaban J connectivity index is 0.000000568. The van der Waals surface area contributed by atoms with Crippen LogP contribution in [0, 0.1) is 12.8 Å². The van der Waals surface area contributed by atoms with Gasteiger partial charge in [-0.1, -0.05) is 32.9 Å². The highest BCUT2D eigenvalue weighted by Gasteiger charge is 2.15. The number of hydrogen-bond donors (Lipinski definition) is 3. The Morgan fingerprint density at radius 1 is 1.25 bits per heavy atom. The molecule has 1 saturated heterocycles. The fourth-order valence-corrected chi connectivity index (χ4v) is 2.83. The van der Waals surface area contributed by atoms with Crippen molar-refractivity contribution >= 4 is 11.9 Å². The van der Waals surface area contributed by atoms with Gasteiger partial charge in [-0.25, -0.2) is 9.59 Å². The van der Waals surface area contributed by atoms with Crippen molar-refractivity contribution in [1.82, 2.24) is 5.32 Å². The zero-order chi connectivity index (χ0) is 21.1. The number of nitrogens with one attached hydrogen (secondary N) is 1. The first-order chi connectivity index (χ1) is 13.2. The Bertz CT molecular complexity index is 613. The second-order valence-corrected chi connectivity index (χ2v) is 7.52. The van der Waals surface area contributed by atoms with Gasteiger partial charge in [0.1, 0.15) is 5.75 Å². The van der Waals surface area contributed by atoms with Gasteiger partial charge in [-0.15, -0.1) is 0 Å². The third kappa shape index (κ3) is 9.19. The van der Waals surface area contributed by atoms with Crippen LogP contribution in [0.5, 0.6) is 5.75 Å². The smallest absolute Gasteiger partial charge is 0.414 e. The SMILES string of the molecule is Cc1ccc(C(C)C)c(OCC(C)CNCC2CCCO2)c1.O=C(O)C(=O)O. The Kier molecular flexibility index (Phi) is 10.6. The fraction of sp³-hybridized carbons (Fsp3) is 0.619. The summed E-state index contributed by atoms with van der Waals surface area (Å²) in [5.41, 5.74) is 2.55. The number of carbonyl (C=O) groups is 2. The summed E-state index contributed by atoms with van der Waals surface area (Å²) >= 11 is 0. The molecule has 28 heavy (non-hydrogen) atoms. The van der Waals surface area contributed by atoms with E-state index in [2.05, 4.69) is 51.2 Å². The molecule has 7 heteroatoms. The van der Waals surface area contributed by atoms with Gasteiger partial charge in [0, 0.05) is 25.6 Å². The maximum Gasteiger partial charge on any atom is 0.414 e. The van der Waals surface area contributed by atoms with Crippen molar-refractivity contribution < 1.29 is 29.3 Å². The summed E-state index contributed by atoms with van der Waals surface area (Å²) in [6.45, 7) is 12.4. The number of rotatable bonds is 8. The van der Waals surface area contributed by atoms with Crippen molar-refractivity contribution in [2.24, 2.45) is 5.92 Å². The largest absolute Gasteiger partial charge is 0.493 e. The lowest BCUT2D eigenvalue weighted by molar-refractivity contribution is -0.159. The average Bonchev–Trinajstić information content (AvgIpc) is 3.13. The maximum atomic E-state index is 9.10. The van der Waals surface area contributed by atoms with Crippen molar-refractivity contribution in [3.8, 4) is 5.75 Å². The van der Waals surface area contributed by atoms with Crippen molar-refractivity contribution in [3.05, 3.63) is 29.3 Å². The maximum absolute atomic E-state index is 9.10. The van der Waals surface area contributed by atoms with Crippen LogP contribution in [0.2, 0.25) is 0 Å². The third-order valence-electron chi connectivity index (χ3n) is 4.39. The van der Waals surface area contributed by atoms with Crippen LogP contribution in [-0.4, -0.2) is 54.6 Å². The molecule has 3 N–H and O–H groups in total. The monoisotopic (exact) mass is 395 g/mol. The van der Waals surface area contributed by atoms with E-state index in [4.69, 9.17) is 29.3 Å². The summed E-state index contributed by atoms with van der Waals surface area (Å²) in [6, 6.07) is 6.51. The van der Waals surface area contributed by atoms with Crippen LogP contribution < -0.4 is 10.1 Å². The molecule has 1 aliphatic heterocycles. The van der Waals surface area contributed by atoms with Gasteiger partial charge in [0.25, 0.3) is 0 Å². The zero-order valence-electron chi connectivity index (χ0n) is 17.2. The van der Waals surface area contributed by atoms with E-state index in [0.29, 0.717) is 17.9 Å². The summed E-state index contributed by atoms with van der Waals surface area (Å²) in [5, 5.41) is 18.3. The highest BCUT2D eigenvalue weighted by molar-refractivity contribution is 6.27. The van der Waals surface area contributed by atoms with Gasteiger partial charge in [-0.2, -0.15) is 0 Å². The highest BCUT2D eigenvalue weighted by atomic mass is 16.5. The van der Waals surface area contributed by atoms with Crippen LogP contribution >= 0.6 is 0 Å². The molecule has 1 aliphatic rings. The van der Waals surface area contributed by atoms with Crippen molar-refractivity contribution in [3.63, 3.8) is 0 Å². The van der Waals surface area contributed by atoms with Gasteiger partial charge in [-0.05, 0) is 42.9 Å². The molecule has 0 aromatic heterocycles. The molecule has 1 aromatic carbocycles. The molecule has 0 bridgehead atoms. The molecule has 0 amide bonds. The first kappa shape index (κ1) is 23.9. The predicted octanol–water partition coefficient (Wildman–Crippen LogP) is 3.06. The first-order valence-electron chi connectivity index (χ1n) is 9.72. The van der Waals surface area contributed by atoms with Crippen molar-refractivity contribution in [2.45, 2.75) is 52.6 Å². The van der Waals surface area contributed by atoms with E-state index in [-0.39, 0.29) is 0 Å². The second-order valence-electron chi connectivity index (χ2n) is 7.52. The Morgan fingerprint density at radius 3 is 2.46 bits per heavy atom. The number of aryl methyl sites for hydroxylation is 1. The van der Waals surface area contributed by atoms with Crippen LogP contribution in [0.4, 0.5) is 0 Å². The molecule has 1 aromatic rings. The molecule has 1 fully saturated rings. The minimum Gasteiger partial charge on any atom is -0.493 e. The number of ether oxygens (including phenoxy) is 2. The second kappa shape index (κ2) is 12.4. The van der Waals surface area contributed by atoms with E-state index < -0.39 is 11.9 Å². The molecule has 0 aliphatic carbocycles. The summed E-state index contributed by atoms with van der Waals surface area (Å²) in [7, 11) is 0. The summed E-state index contributed by atoms with van der Waals surface area (Å²) in [4.78, 5) is 18.2. The van der Waals surface area contributed by atoms with E-state index >= 15 is 0 Å². The van der Waals surface area contributed by atoms with Gasteiger partial charge >= 0.3 is 11.9 Å². The lowest BCUT2D eigenvalue weighted by atomic mass is 10.0. The molecule has 2 atom stereocenters. The normalized spacial score (nSPS) is 17.0. The minimum absolute atomic E-state index is 0.414. The molecule has 0 radical (unpaired) electrons.